The number of pyridine rings is 1. The van der Waals surface area contributed by atoms with E-state index in [4.69, 9.17) is 16.3 Å². The summed E-state index contributed by atoms with van der Waals surface area (Å²) >= 11 is 8.22. The first-order valence-electron chi connectivity index (χ1n) is 13.7. The summed E-state index contributed by atoms with van der Waals surface area (Å²) in [4.78, 5) is 17.3. The summed E-state index contributed by atoms with van der Waals surface area (Å²) in [6.45, 7) is 14.5. The van der Waals surface area contributed by atoms with Crippen LogP contribution in [0, 0.1) is 13.8 Å². The van der Waals surface area contributed by atoms with Gasteiger partial charge in [0.05, 0.1) is 6.42 Å². The molecule has 1 unspecified atom stereocenters. The van der Waals surface area contributed by atoms with Crippen molar-refractivity contribution in [1.82, 2.24) is 14.6 Å². The molecule has 3 rings (SSSR count). The van der Waals surface area contributed by atoms with Gasteiger partial charge in [-0.3, -0.25) is 9.78 Å². The lowest BCUT2D eigenvalue weighted by Crippen LogP contribution is -2.27. The Bertz CT molecular complexity index is 1230. The molecule has 0 bridgehead atoms. The van der Waals surface area contributed by atoms with Gasteiger partial charge in [0.2, 0.25) is 0 Å². The summed E-state index contributed by atoms with van der Waals surface area (Å²) in [5.41, 5.74) is 5.52. The number of ether oxygens (including phenoxy) is 1. The summed E-state index contributed by atoms with van der Waals surface area (Å²) in [7, 11) is 0. The van der Waals surface area contributed by atoms with Crippen LogP contribution in [0.25, 0.3) is 11.1 Å². The first-order chi connectivity index (χ1) is 18.5. The predicted octanol–water partition coefficient (Wildman–Crippen LogP) is 8.19. The Kier molecular flexibility index (Phi) is 11.9. The Labute approximate surface area is 243 Å². The number of hydrogen-bond acceptors (Lipinski definition) is 6. The average molecular weight is 568 g/mol. The Morgan fingerprint density at radius 3 is 2.62 bits per heavy atom. The Hall–Kier alpha value is -2.38. The number of nitrogens with one attached hydrogen (secondary N) is 1. The van der Waals surface area contributed by atoms with Gasteiger partial charge >= 0.3 is 5.97 Å². The highest BCUT2D eigenvalue weighted by Gasteiger charge is 2.20. The van der Waals surface area contributed by atoms with E-state index in [0.29, 0.717) is 13.0 Å². The Morgan fingerprint density at radius 1 is 1.10 bits per heavy atom. The number of aromatic nitrogens is 1. The van der Waals surface area contributed by atoms with Gasteiger partial charge < -0.3 is 10.1 Å². The standard InChI is InChI=1S/C32H42ClN3O2S/c1-23-22-35-18-15-28(23)27-12-9-11-26(21-27)25(3)36(39-30-14-10-13-29(33)24(30)2)20-8-7-17-34-19-16-31(37)38-32(4,5)6/h9-15,18,21-22,25,34H,7-8,16-17,19-20H2,1-6H3. The maximum Gasteiger partial charge on any atom is 0.307 e. The highest BCUT2D eigenvalue weighted by atomic mass is 35.5. The molecular weight excluding hydrogens is 526 g/mol. The topological polar surface area (TPSA) is 54.5 Å². The van der Waals surface area contributed by atoms with Crippen molar-refractivity contribution in [2.45, 2.75) is 77.3 Å². The molecule has 39 heavy (non-hydrogen) atoms. The van der Waals surface area contributed by atoms with Crippen molar-refractivity contribution in [3.05, 3.63) is 82.6 Å². The summed E-state index contributed by atoms with van der Waals surface area (Å²) in [6, 6.07) is 17.2. The number of esters is 1. The van der Waals surface area contributed by atoms with Crippen LogP contribution in [-0.4, -0.2) is 40.5 Å². The molecule has 7 heteroatoms. The number of benzene rings is 2. The summed E-state index contributed by atoms with van der Waals surface area (Å²) in [6.07, 6.45) is 6.20. The van der Waals surface area contributed by atoms with Crippen molar-refractivity contribution in [3.63, 3.8) is 0 Å². The number of hydrogen-bond donors (Lipinski definition) is 1. The van der Waals surface area contributed by atoms with E-state index in [2.05, 4.69) is 71.8 Å². The normalized spacial score (nSPS) is 12.5. The van der Waals surface area contributed by atoms with Crippen molar-refractivity contribution in [1.29, 1.82) is 0 Å². The van der Waals surface area contributed by atoms with E-state index in [1.807, 2.05) is 45.3 Å². The minimum Gasteiger partial charge on any atom is -0.460 e. The molecule has 3 aromatic rings. The maximum absolute atomic E-state index is 11.9. The number of aryl methyl sites for hydroxylation is 1. The van der Waals surface area contributed by atoms with E-state index >= 15 is 0 Å². The van der Waals surface area contributed by atoms with Gasteiger partial charge in [0.25, 0.3) is 0 Å². The Morgan fingerprint density at radius 2 is 1.87 bits per heavy atom. The van der Waals surface area contributed by atoms with Gasteiger partial charge in [0.15, 0.2) is 0 Å². The average Bonchev–Trinajstić information content (AvgIpc) is 2.88. The molecule has 0 fully saturated rings. The second-order valence-corrected chi connectivity index (χ2v) is 12.4. The van der Waals surface area contributed by atoms with Crippen molar-refractivity contribution in [3.8, 4) is 11.1 Å². The van der Waals surface area contributed by atoms with E-state index in [-0.39, 0.29) is 12.0 Å². The van der Waals surface area contributed by atoms with E-state index in [1.54, 1.807) is 11.9 Å². The second-order valence-electron chi connectivity index (χ2n) is 10.9. The number of rotatable bonds is 13. The molecule has 1 aromatic heterocycles. The smallest absolute Gasteiger partial charge is 0.307 e. The summed E-state index contributed by atoms with van der Waals surface area (Å²) in [5, 5.41) is 4.17. The van der Waals surface area contributed by atoms with Crippen LogP contribution in [0.2, 0.25) is 5.02 Å². The summed E-state index contributed by atoms with van der Waals surface area (Å²) in [5.74, 6) is -0.160. The fourth-order valence-electron chi connectivity index (χ4n) is 4.29. The number of halogens is 1. The molecule has 0 saturated carbocycles. The fourth-order valence-corrected chi connectivity index (χ4v) is 5.66. The minimum atomic E-state index is -0.438. The molecule has 1 atom stereocenters. The van der Waals surface area contributed by atoms with Gasteiger partial charge in [-0.15, -0.1) is 0 Å². The van der Waals surface area contributed by atoms with Crippen molar-refractivity contribution in [2.75, 3.05) is 19.6 Å². The Balaban J connectivity index is 1.64. The van der Waals surface area contributed by atoms with E-state index in [9.17, 15) is 4.79 Å². The second kappa shape index (κ2) is 14.8. The predicted molar refractivity (Wildman–Crippen MR) is 164 cm³/mol. The van der Waals surface area contributed by atoms with E-state index in [1.165, 1.54) is 27.1 Å². The van der Waals surface area contributed by atoms with Crippen molar-refractivity contribution >= 4 is 29.5 Å². The van der Waals surface area contributed by atoms with Crippen LogP contribution in [0.5, 0.6) is 0 Å². The third-order valence-corrected chi connectivity index (χ3v) is 8.26. The third-order valence-electron chi connectivity index (χ3n) is 6.47. The first kappa shape index (κ1) is 31.2. The van der Waals surface area contributed by atoms with Crippen LogP contribution < -0.4 is 5.32 Å². The van der Waals surface area contributed by atoms with Gasteiger partial charge in [0, 0.05) is 41.4 Å². The quantitative estimate of drug-likeness (QED) is 0.128. The molecule has 1 N–H and O–H groups in total. The molecule has 0 saturated heterocycles. The highest BCUT2D eigenvalue weighted by Crippen LogP contribution is 2.37. The number of carbonyl (C=O) groups excluding carboxylic acids is 1. The lowest BCUT2D eigenvalue weighted by molar-refractivity contribution is -0.154. The van der Waals surface area contributed by atoms with Crippen LogP contribution in [0.1, 0.15) is 69.7 Å². The van der Waals surface area contributed by atoms with Gasteiger partial charge in [-0.1, -0.05) is 35.9 Å². The van der Waals surface area contributed by atoms with Crippen LogP contribution in [-0.2, 0) is 9.53 Å². The molecule has 2 aromatic carbocycles. The molecule has 210 valence electrons. The lowest BCUT2D eigenvalue weighted by Gasteiger charge is -2.29. The monoisotopic (exact) mass is 567 g/mol. The van der Waals surface area contributed by atoms with Gasteiger partial charge in [-0.25, -0.2) is 4.31 Å². The number of unbranched alkanes of at least 4 members (excludes halogenated alkanes) is 1. The largest absolute Gasteiger partial charge is 0.460 e. The molecule has 0 aliphatic rings. The lowest BCUT2D eigenvalue weighted by atomic mass is 9.98. The molecule has 0 radical (unpaired) electrons. The molecule has 0 aliphatic heterocycles. The van der Waals surface area contributed by atoms with Crippen LogP contribution >= 0.6 is 23.5 Å². The van der Waals surface area contributed by atoms with Crippen LogP contribution in [0.3, 0.4) is 0 Å². The van der Waals surface area contributed by atoms with E-state index < -0.39 is 5.60 Å². The minimum absolute atomic E-state index is 0.160. The SMILES string of the molecule is Cc1cnccc1-c1cccc(C(C)N(CCCCNCCC(=O)OC(C)(C)C)Sc2cccc(Cl)c2C)c1. The zero-order valence-corrected chi connectivity index (χ0v) is 25.7. The fraction of sp³-hybridized carbons (Fsp3) is 0.438. The first-order valence-corrected chi connectivity index (χ1v) is 14.8. The van der Waals surface area contributed by atoms with Crippen LogP contribution in [0.4, 0.5) is 0 Å². The maximum atomic E-state index is 11.9. The van der Waals surface area contributed by atoms with Gasteiger partial charge in [-0.2, -0.15) is 0 Å². The number of nitrogens with zero attached hydrogens (tertiary/aromatic N) is 2. The highest BCUT2D eigenvalue weighted by molar-refractivity contribution is 7.97. The zero-order chi connectivity index (χ0) is 28.4. The van der Waals surface area contributed by atoms with E-state index in [0.717, 1.165) is 36.5 Å². The van der Waals surface area contributed by atoms with Gasteiger partial charge in [-0.05, 0) is 125 Å². The molecular formula is C32H42ClN3O2S. The summed E-state index contributed by atoms with van der Waals surface area (Å²) < 4.78 is 7.84. The molecule has 0 spiro atoms. The molecule has 0 aliphatic carbocycles. The van der Waals surface area contributed by atoms with Crippen molar-refractivity contribution < 1.29 is 9.53 Å². The third kappa shape index (κ3) is 9.95. The van der Waals surface area contributed by atoms with Crippen LogP contribution in [0.15, 0.2) is 65.8 Å². The molecule has 1 heterocycles. The molecule has 5 nitrogen and oxygen atoms in total. The van der Waals surface area contributed by atoms with Crippen molar-refractivity contribution in [2.24, 2.45) is 0 Å². The zero-order valence-electron chi connectivity index (χ0n) is 24.1. The molecule has 0 amide bonds. The van der Waals surface area contributed by atoms with Gasteiger partial charge in [0.1, 0.15) is 5.60 Å². The number of carbonyl (C=O) groups is 1.